The fraction of sp³-hybridized carbons (Fsp3) is 0.129. The van der Waals surface area contributed by atoms with Crippen LogP contribution in [0, 0.1) is 0 Å². The molecule has 1 atom stereocenters. The number of nitrogens with one attached hydrogen (secondary N) is 1. The van der Waals surface area contributed by atoms with Crippen molar-refractivity contribution in [1.29, 1.82) is 0 Å². The molecule has 1 aliphatic heterocycles. The van der Waals surface area contributed by atoms with Gasteiger partial charge in [-0.05, 0) is 46.5 Å². The lowest BCUT2D eigenvalue weighted by Gasteiger charge is -2.26. The van der Waals surface area contributed by atoms with E-state index >= 15 is 0 Å². The summed E-state index contributed by atoms with van der Waals surface area (Å²) >= 11 is 0. The van der Waals surface area contributed by atoms with Crippen molar-refractivity contribution >= 4 is 45.5 Å². The normalized spacial score (nSPS) is 16.8. The number of hydrogen-bond donors (Lipinski definition) is 2. The van der Waals surface area contributed by atoms with Crippen molar-refractivity contribution in [3.05, 3.63) is 113 Å². The molecule has 37 heavy (non-hydrogen) atoms. The van der Waals surface area contributed by atoms with Gasteiger partial charge in [-0.3, -0.25) is 19.3 Å². The van der Waals surface area contributed by atoms with Gasteiger partial charge in [-0.1, -0.05) is 79.7 Å². The molecule has 1 fully saturated rings. The van der Waals surface area contributed by atoms with Crippen molar-refractivity contribution in [1.82, 2.24) is 0 Å². The summed E-state index contributed by atoms with van der Waals surface area (Å²) in [5.41, 5.74) is 3.26. The van der Waals surface area contributed by atoms with E-state index in [1.807, 2.05) is 60.7 Å². The third-order valence-electron chi connectivity index (χ3n) is 6.64. The van der Waals surface area contributed by atoms with Crippen LogP contribution >= 0.6 is 0 Å². The smallest absolute Gasteiger partial charge is 0.300 e. The fourth-order valence-electron chi connectivity index (χ4n) is 4.86. The highest BCUT2D eigenvalue weighted by Crippen LogP contribution is 2.43. The minimum Gasteiger partial charge on any atom is -0.507 e. The van der Waals surface area contributed by atoms with Crippen LogP contribution in [0.5, 0.6) is 0 Å². The summed E-state index contributed by atoms with van der Waals surface area (Å²) < 4.78 is 0. The number of anilines is 2. The third kappa shape index (κ3) is 4.38. The molecule has 4 aromatic rings. The van der Waals surface area contributed by atoms with E-state index in [1.165, 1.54) is 11.8 Å². The molecule has 0 radical (unpaired) electrons. The van der Waals surface area contributed by atoms with Crippen LogP contribution < -0.4 is 10.2 Å². The first kappa shape index (κ1) is 24.0. The Balaban J connectivity index is 1.73. The molecular weight excluding hydrogens is 464 g/mol. The van der Waals surface area contributed by atoms with E-state index in [2.05, 4.69) is 12.2 Å². The number of nitrogens with zero attached hydrogens (tertiary/aromatic N) is 1. The molecule has 1 saturated heterocycles. The van der Waals surface area contributed by atoms with Gasteiger partial charge in [-0.2, -0.15) is 0 Å². The van der Waals surface area contributed by atoms with Gasteiger partial charge in [0.15, 0.2) is 0 Å². The van der Waals surface area contributed by atoms with E-state index < -0.39 is 17.7 Å². The second kappa shape index (κ2) is 9.74. The van der Waals surface area contributed by atoms with Gasteiger partial charge < -0.3 is 10.4 Å². The summed E-state index contributed by atoms with van der Waals surface area (Å²) in [7, 11) is 0. The Morgan fingerprint density at radius 1 is 0.919 bits per heavy atom. The molecule has 0 bridgehead atoms. The van der Waals surface area contributed by atoms with Crippen molar-refractivity contribution in [2.24, 2.45) is 0 Å². The second-order valence-corrected chi connectivity index (χ2v) is 9.02. The lowest BCUT2D eigenvalue weighted by molar-refractivity contribution is -0.132. The van der Waals surface area contributed by atoms with Gasteiger partial charge in [-0.15, -0.1) is 0 Å². The number of aryl methyl sites for hydroxylation is 1. The number of carbonyl (C=O) groups excluding carboxylic acids is 3. The third-order valence-corrected chi connectivity index (χ3v) is 6.64. The van der Waals surface area contributed by atoms with E-state index in [9.17, 15) is 19.5 Å². The largest absolute Gasteiger partial charge is 0.507 e. The van der Waals surface area contributed by atoms with E-state index in [4.69, 9.17) is 0 Å². The number of fused-ring (bicyclic) bond motifs is 1. The van der Waals surface area contributed by atoms with Gasteiger partial charge in [0, 0.05) is 23.9 Å². The zero-order valence-electron chi connectivity index (χ0n) is 20.6. The average Bonchev–Trinajstić information content (AvgIpc) is 3.18. The van der Waals surface area contributed by atoms with E-state index in [0.717, 1.165) is 22.8 Å². The minimum atomic E-state index is -0.850. The number of ketones is 1. The van der Waals surface area contributed by atoms with Gasteiger partial charge >= 0.3 is 0 Å². The summed E-state index contributed by atoms with van der Waals surface area (Å²) in [4.78, 5) is 40.1. The standard InChI is InChI=1S/C31H26N2O4/c1-3-20-14-16-22(17-15-20)28-27(29(35)26-13-6-9-21-8-4-5-12-25(21)26)30(36)31(37)33(28)24-11-7-10-23(18-24)32-19(2)34/h4-18,28,35H,3H2,1-2H3,(H,32,34)/b29-27-. The van der Waals surface area contributed by atoms with Gasteiger partial charge in [0.05, 0.1) is 11.6 Å². The van der Waals surface area contributed by atoms with E-state index in [-0.39, 0.29) is 17.2 Å². The molecule has 184 valence electrons. The second-order valence-electron chi connectivity index (χ2n) is 9.02. The van der Waals surface area contributed by atoms with Crippen LogP contribution in [0.25, 0.3) is 16.5 Å². The number of hydrogen-bond acceptors (Lipinski definition) is 4. The number of benzene rings is 4. The Kier molecular flexibility index (Phi) is 6.32. The van der Waals surface area contributed by atoms with Crippen LogP contribution in [0.15, 0.2) is 96.6 Å². The van der Waals surface area contributed by atoms with Gasteiger partial charge in [0.2, 0.25) is 5.91 Å². The Labute approximate surface area is 214 Å². The summed E-state index contributed by atoms with van der Waals surface area (Å²) in [5, 5.41) is 16.0. The first-order valence-electron chi connectivity index (χ1n) is 12.1. The molecule has 1 heterocycles. The molecule has 1 aliphatic rings. The molecule has 5 rings (SSSR count). The first-order valence-corrected chi connectivity index (χ1v) is 12.1. The molecule has 0 aliphatic carbocycles. The number of carbonyl (C=O) groups is 3. The average molecular weight is 491 g/mol. The quantitative estimate of drug-likeness (QED) is 0.204. The molecule has 6 nitrogen and oxygen atoms in total. The van der Waals surface area contributed by atoms with Crippen LogP contribution in [0.3, 0.4) is 0 Å². The molecule has 4 aromatic carbocycles. The molecule has 2 amide bonds. The molecule has 0 saturated carbocycles. The van der Waals surface area contributed by atoms with Gasteiger partial charge in [-0.25, -0.2) is 0 Å². The highest BCUT2D eigenvalue weighted by molar-refractivity contribution is 6.51. The number of aliphatic hydroxyl groups is 1. The predicted octanol–water partition coefficient (Wildman–Crippen LogP) is 5.99. The molecule has 6 heteroatoms. The lowest BCUT2D eigenvalue weighted by atomic mass is 9.92. The number of Topliss-reactive ketones (excluding diaryl/α,β-unsaturated/α-hetero) is 1. The van der Waals surface area contributed by atoms with Crippen molar-refractivity contribution < 1.29 is 19.5 Å². The number of aliphatic hydroxyl groups excluding tert-OH is 1. The minimum absolute atomic E-state index is 0.0236. The summed E-state index contributed by atoms with van der Waals surface area (Å²) in [6, 6.07) is 26.7. The van der Waals surface area contributed by atoms with Crippen LogP contribution in [0.4, 0.5) is 11.4 Å². The van der Waals surface area contributed by atoms with Gasteiger partial charge in [0.25, 0.3) is 11.7 Å². The predicted molar refractivity (Wildman–Crippen MR) is 145 cm³/mol. The number of amides is 2. The van der Waals surface area contributed by atoms with Crippen LogP contribution in [0.2, 0.25) is 0 Å². The van der Waals surface area contributed by atoms with Crippen molar-refractivity contribution in [2.45, 2.75) is 26.3 Å². The zero-order valence-corrected chi connectivity index (χ0v) is 20.6. The maximum atomic E-state index is 13.5. The Morgan fingerprint density at radius 2 is 1.62 bits per heavy atom. The Morgan fingerprint density at radius 3 is 2.35 bits per heavy atom. The van der Waals surface area contributed by atoms with Crippen molar-refractivity contribution in [3.8, 4) is 0 Å². The van der Waals surface area contributed by atoms with Crippen LogP contribution in [-0.4, -0.2) is 22.7 Å². The van der Waals surface area contributed by atoms with Gasteiger partial charge in [0.1, 0.15) is 5.76 Å². The van der Waals surface area contributed by atoms with E-state index in [1.54, 1.807) is 30.3 Å². The number of rotatable bonds is 5. The zero-order chi connectivity index (χ0) is 26.1. The molecule has 0 spiro atoms. The van der Waals surface area contributed by atoms with E-state index in [0.29, 0.717) is 22.5 Å². The Hall–Kier alpha value is -4.71. The maximum Gasteiger partial charge on any atom is 0.300 e. The highest BCUT2D eigenvalue weighted by atomic mass is 16.3. The molecule has 0 aromatic heterocycles. The molecule has 2 N–H and O–H groups in total. The van der Waals surface area contributed by atoms with Crippen LogP contribution in [-0.2, 0) is 20.8 Å². The summed E-state index contributed by atoms with van der Waals surface area (Å²) in [5.74, 6) is -1.98. The van der Waals surface area contributed by atoms with Crippen molar-refractivity contribution in [3.63, 3.8) is 0 Å². The van der Waals surface area contributed by atoms with Crippen LogP contribution in [0.1, 0.15) is 36.6 Å². The monoisotopic (exact) mass is 490 g/mol. The first-order chi connectivity index (χ1) is 17.9. The lowest BCUT2D eigenvalue weighted by Crippen LogP contribution is -2.29. The maximum absolute atomic E-state index is 13.5. The molecule has 1 unspecified atom stereocenters. The summed E-state index contributed by atoms with van der Waals surface area (Å²) in [6.45, 7) is 3.45. The summed E-state index contributed by atoms with van der Waals surface area (Å²) in [6.07, 6.45) is 0.842. The topological polar surface area (TPSA) is 86.7 Å². The molecular formula is C31H26N2O4. The fourth-order valence-corrected chi connectivity index (χ4v) is 4.86. The SMILES string of the molecule is CCc1ccc(C2/C(=C(/O)c3cccc4ccccc34)C(=O)C(=O)N2c2cccc(NC(C)=O)c2)cc1. The highest BCUT2D eigenvalue weighted by Gasteiger charge is 2.47. The van der Waals surface area contributed by atoms with Crippen molar-refractivity contribution in [2.75, 3.05) is 10.2 Å². The Bertz CT molecular complexity index is 1560.